The van der Waals surface area contributed by atoms with Gasteiger partial charge in [-0.25, -0.2) is 0 Å². The van der Waals surface area contributed by atoms with Crippen LogP contribution in [0, 0.1) is 0 Å². The molecule has 44 heavy (non-hydrogen) atoms. The number of rotatable bonds is 5. The predicted octanol–water partition coefficient (Wildman–Crippen LogP) is 11.3. The number of allylic oxidation sites excluding steroid dienone is 4. The van der Waals surface area contributed by atoms with Crippen molar-refractivity contribution in [3.8, 4) is 11.1 Å². The van der Waals surface area contributed by atoms with E-state index in [4.69, 9.17) is 0 Å². The Morgan fingerprint density at radius 3 is 1.50 bits per heavy atom. The molecule has 0 amide bonds. The fourth-order valence-corrected chi connectivity index (χ4v) is 21.4. The summed E-state index contributed by atoms with van der Waals surface area (Å²) in [5, 5.41) is 1.71. The molecule has 2 aliphatic rings. The third kappa shape index (κ3) is 5.86. The summed E-state index contributed by atoms with van der Waals surface area (Å²) in [6.07, 6.45) is 6.13. The molecule has 4 aromatic rings. The van der Waals surface area contributed by atoms with Crippen LogP contribution in [0.5, 0.6) is 0 Å². The predicted molar refractivity (Wildman–Crippen MR) is 191 cm³/mol. The second-order valence-electron chi connectivity index (χ2n) is 15.8. The van der Waals surface area contributed by atoms with Crippen LogP contribution in [0.2, 0.25) is 19.6 Å². The first-order valence-electron chi connectivity index (χ1n) is 16.3. The quantitative estimate of drug-likeness (QED) is 0.185. The van der Waals surface area contributed by atoms with Crippen molar-refractivity contribution in [1.82, 2.24) is 0 Å². The van der Waals surface area contributed by atoms with Gasteiger partial charge in [-0.15, -0.1) is 0 Å². The molecule has 0 radical (unpaired) electrons. The van der Waals surface area contributed by atoms with Crippen molar-refractivity contribution in [3.05, 3.63) is 151 Å². The van der Waals surface area contributed by atoms with E-state index in [0.717, 1.165) is 6.42 Å². The zero-order chi connectivity index (χ0) is 31.4. The van der Waals surface area contributed by atoms with Crippen molar-refractivity contribution in [3.63, 3.8) is 0 Å². The zero-order valence-corrected chi connectivity index (χ0v) is 31.6. The SMILES string of the molecule is CC(C)(C)c1ccc2c(c1)[CH]([Zr]([C]1=C([Si](C)(C)C)C=CC1)=[C](c1ccccc1)c1ccccc1)c1cc(C(C)(C)C)ccc1-2. The van der Waals surface area contributed by atoms with E-state index >= 15 is 0 Å². The summed E-state index contributed by atoms with van der Waals surface area (Å²) < 4.78 is 3.89. The van der Waals surface area contributed by atoms with Crippen LogP contribution in [0.1, 0.15) is 85.0 Å². The van der Waals surface area contributed by atoms with E-state index in [2.05, 4.69) is 170 Å². The molecule has 0 N–H and O–H groups in total. The number of benzene rings is 4. The molecule has 0 fully saturated rings. The van der Waals surface area contributed by atoms with E-state index in [-0.39, 0.29) is 10.8 Å². The van der Waals surface area contributed by atoms with Gasteiger partial charge in [-0.3, -0.25) is 0 Å². The van der Waals surface area contributed by atoms with Crippen molar-refractivity contribution in [1.29, 1.82) is 0 Å². The molecule has 0 aromatic heterocycles. The topological polar surface area (TPSA) is 0 Å². The van der Waals surface area contributed by atoms with Gasteiger partial charge in [0.2, 0.25) is 0 Å². The summed E-state index contributed by atoms with van der Waals surface area (Å²) >= 11 is -2.81. The average Bonchev–Trinajstić information content (AvgIpc) is 3.59. The van der Waals surface area contributed by atoms with Gasteiger partial charge in [0, 0.05) is 0 Å². The summed E-state index contributed by atoms with van der Waals surface area (Å²) in [7, 11) is -1.58. The average molecular weight is 672 g/mol. The fraction of sp³-hybridized carbons (Fsp3) is 0.310. The standard InChI is InChI=1S/C21H25.C13H10.C8H13Si.Zr/c1-20(2,3)16-7-9-18-14(12-16)11-15-13-17(21(4,5)6)8-10-19(15)18;1-3-7-12(8-4-1)11-13-9-5-2-6-10-13;1-9(2,3)8-6-4-5-7-8;/h7-13H,1-6H3;1-10H;4,6H,5H2,1-3H3;. The maximum atomic E-state index is 2.61. The zero-order valence-electron chi connectivity index (χ0n) is 28.2. The second kappa shape index (κ2) is 11.6. The van der Waals surface area contributed by atoms with Crippen LogP contribution in [0.15, 0.2) is 118 Å². The van der Waals surface area contributed by atoms with Gasteiger partial charge in [0.05, 0.1) is 0 Å². The van der Waals surface area contributed by atoms with Crippen molar-refractivity contribution < 1.29 is 21.3 Å². The van der Waals surface area contributed by atoms with E-state index < -0.39 is 29.3 Å². The second-order valence-corrected chi connectivity index (χ2v) is 27.0. The maximum absolute atomic E-state index is 2.81. The van der Waals surface area contributed by atoms with Crippen LogP contribution < -0.4 is 0 Å². The van der Waals surface area contributed by atoms with Gasteiger partial charge < -0.3 is 0 Å². The molecule has 0 unspecified atom stereocenters. The van der Waals surface area contributed by atoms with Crippen LogP contribution in [0.25, 0.3) is 11.1 Å². The molecule has 0 saturated heterocycles. The molecule has 224 valence electrons. The van der Waals surface area contributed by atoms with Gasteiger partial charge in [-0.2, -0.15) is 0 Å². The van der Waals surface area contributed by atoms with Crippen molar-refractivity contribution >= 4 is 11.3 Å². The van der Waals surface area contributed by atoms with Crippen molar-refractivity contribution in [2.24, 2.45) is 0 Å². The Labute approximate surface area is 275 Å². The summed E-state index contributed by atoms with van der Waals surface area (Å²) in [5.74, 6) is 0. The Morgan fingerprint density at radius 2 is 1.09 bits per heavy atom. The molecular formula is C42H48SiZr. The van der Waals surface area contributed by atoms with Crippen molar-refractivity contribution in [2.45, 2.75) is 82.1 Å². The van der Waals surface area contributed by atoms with Crippen LogP contribution in [-0.2, 0) is 32.1 Å². The third-order valence-corrected chi connectivity index (χ3v) is 20.6. The van der Waals surface area contributed by atoms with Gasteiger partial charge in [0.25, 0.3) is 0 Å². The van der Waals surface area contributed by atoms with Gasteiger partial charge in [-0.1, -0.05) is 0 Å². The monoisotopic (exact) mass is 670 g/mol. The molecule has 2 aliphatic carbocycles. The Hall–Kier alpha value is -2.67. The Balaban J connectivity index is 1.80. The summed E-state index contributed by atoms with van der Waals surface area (Å²) in [6, 6.07) is 37.8. The number of hydrogen-bond donors (Lipinski definition) is 0. The van der Waals surface area contributed by atoms with Gasteiger partial charge >= 0.3 is 277 Å². The minimum absolute atomic E-state index is 0.0948. The van der Waals surface area contributed by atoms with Crippen LogP contribution in [0.3, 0.4) is 0 Å². The molecule has 0 bridgehead atoms. The molecule has 0 heterocycles. The molecule has 2 heteroatoms. The first-order valence-corrected chi connectivity index (χ1v) is 23.7. The van der Waals surface area contributed by atoms with E-state index in [1.165, 1.54) is 33.4 Å². The molecule has 0 spiro atoms. The van der Waals surface area contributed by atoms with E-state index in [9.17, 15) is 0 Å². The van der Waals surface area contributed by atoms with Crippen LogP contribution >= 0.6 is 0 Å². The Bertz CT molecular complexity index is 1700. The molecule has 0 aliphatic heterocycles. The first kappa shape index (κ1) is 31.3. The molecule has 0 saturated carbocycles. The molecule has 0 atom stereocenters. The molecule has 4 aromatic carbocycles. The molecule has 6 rings (SSSR count). The normalized spacial score (nSPS) is 15.0. The fourth-order valence-electron chi connectivity index (χ4n) is 7.12. The van der Waals surface area contributed by atoms with Gasteiger partial charge in [0.15, 0.2) is 0 Å². The van der Waals surface area contributed by atoms with Gasteiger partial charge in [0.1, 0.15) is 0 Å². The van der Waals surface area contributed by atoms with E-state index in [1.807, 2.05) is 3.28 Å². The van der Waals surface area contributed by atoms with E-state index in [1.54, 1.807) is 19.5 Å². The van der Waals surface area contributed by atoms with E-state index in [0.29, 0.717) is 3.63 Å². The number of fused-ring (bicyclic) bond motifs is 3. The molecule has 0 nitrogen and oxygen atoms in total. The summed E-state index contributed by atoms with van der Waals surface area (Å²) in [4.78, 5) is 0. The van der Waals surface area contributed by atoms with Crippen molar-refractivity contribution in [2.75, 3.05) is 0 Å². The molecular weight excluding hydrogens is 624 g/mol. The third-order valence-electron chi connectivity index (χ3n) is 9.50. The van der Waals surface area contributed by atoms with Gasteiger partial charge in [-0.05, 0) is 0 Å². The first-order chi connectivity index (χ1) is 20.7. The Kier molecular flexibility index (Phi) is 8.26. The minimum atomic E-state index is -2.81. The van der Waals surface area contributed by atoms with Crippen LogP contribution in [0.4, 0.5) is 0 Å². The van der Waals surface area contributed by atoms with Crippen LogP contribution in [-0.4, -0.2) is 11.3 Å². The summed E-state index contributed by atoms with van der Waals surface area (Å²) in [6.45, 7) is 21.8. The number of hydrogen-bond acceptors (Lipinski definition) is 0. The Morgan fingerprint density at radius 1 is 0.636 bits per heavy atom. The summed E-state index contributed by atoms with van der Waals surface area (Å²) in [5.41, 5.74) is 12.0.